The summed E-state index contributed by atoms with van der Waals surface area (Å²) in [5.41, 5.74) is -0.0521. The van der Waals surface area contributed by atoms with E-state index in [0.717, 1.165) is 11.0 Å². The van der Waals surface area contributed by atoms with Crippen LogP contribution in [-0.2, 0) is 20.9 Å². The van der Waals surface area contributed by atoms with Crippen molar-refractivity contribution in [2.75, 3.05) is 6.54 Å². The summed E-state index contributed by atoms with van der Waals surface area (Å²) in [6.07, 6.45) is -2.28. The Kier molecular flexibility index (Phi) is 7.21. The van der Waals surface area contributed by atoms with Crippen molar-refractivity contribution in [2.24, 2.45) is 0 Å². The monoisotopic (exact) mass is 357 g/mol. The molecule has 0 heterocycles. The molecule has 1 aromatic rings. The van der Waals surface area contributed by atoms with E-state index in [9.17, 15) is 22.8 Å². The van der Waals surface area contributed by atoms with E-state index in [1.54, 1.807) is 51.1 Å². The lowest BCUT2D eigenvalue weighted by Gasteiger charge is -2.23. The van der Waals surface area contributed by atoms with Gasteiger partial charge in [-0.3, -0.25) is 4.79 Å². The highest BCUT2D eigenvalue weighted by atomic mass is 19.4. The molecule has 0 N–H and O–H groups in total. The van der Waals surface area contributed by atoms with Crippen molar-refractivity contribution in [3.05, 3.63) is 48.0 Å². The summed E-state index contributed by atoms with van der Waals surface area (Å²) >= 11 is 0. The van der Waals surface area contributed by atoms with E-state index >= 15 is 0 Å². The number of amides is 1. The van der Waals surface area contributed by atoms with Crippen LogP contribution in [0, 0.1) is 0 Å². The van der Waals surface area contributed by atoms with Gasteiger partial charge in [0.2, 0.25) is 0 Å². The largest absolute Gasteiger partial charge is 0.471 e. The number of halogens is 3. The molecule has 0 fully saturated rings. The molecule has 0 radical (unpaired) electrons. The Hall–Kier alpha value is -2.31. The molecule has 4 nitrogen and oxygen atoms in total. The van der Waals surface area contributed by atoms with Crippen molar-refractivity contribution < 1.29 is 27.5 Å². The summed E-state index contributed by atoms with van der Waals surface area (Å²) in [7, 11) is 0. The van der Waals surface area contributed by atoms with Gasteiger partial charge in [-0.2, -0.15) is 13.2 Å². The van der Waals surface area contributed by atoms with Crippen molar-refractivity contribution in [3.63, 3.8) is 0 Å². The third-order valence-electron chi connectivity index (χ3n) is 2.97. The number of rotatable bonds is 6. The van der Waals surface area contributed by atoms with Crippen LogP contribution in [0.1, 0.15) is 32.8 Å². The van der Waals surface area contributed by atoms with Crippen molar-refractivity contribution in [3.8, 4) is 0 Å². The summed E-state index contributed by atoms with van der Waals surface area (Å²) in [6.45, 7) is 4.82. The fourth-order valence-electron chi connectivity index (χ4n) is 1.98. The second-order valence-corrected chi connectivity index (χ2v) is 6.43. The maximum Gasteiger partial charge on any atom is 0.471 e. The van der Waals surface area contributed by atoms with Gasteiger partial charge in [0.25, 0.3) is 0 Å². The van der Waals surface area contributed by atoms with Gasteiger partial charge in [0.15, 0.2) is 0 Å². The van der Waals surface area contributed by atoms with Crippen molar-refractivity contribution in [1.82, 2.24) is 4.90 Å². The van der Waals surface area contributed by atoms with Gasteiger partial charge in [-0.25, -0.2) is 4.79 Å². The molecule has 0 atom stereocenters. The predicted molar refractivity (Wildman–Crippen MR) is 87.5 cm³/mol. The standard InChI is InChI=1S/C18H22F3NO3/c1-17(2,3)25-15(23)11-7-8-12-22(16(24)18(19,20)21)13-14-9-5-4-6-10-14/h4-7,9-11H,8,12-13H2,1-3H3/b11-7+. The molecule has 0 bridgehead atoms. The summed E-state index contributed by atoms with van der Waals surface area (Å²) in [5.74, 6) is -2.48. The molecule has 0 spiro atoms. The van der Waals surface area contributed by atoms with Crippen LogP contribution in [0.15, 0.2) is 42.5 Å². The van der Waals surface area contributed by atoms with Gasteiger partial charge in [-0.05, 0) is 32.8 Å². The Labute approximate surface area is 145 Å². The third kappa shape index (κ3) is 8.37. The lowest BCUT2D eigenvalue weighted by molar-refractivity contribution is -0.186. The van der Waals surface area contributed by atoms with Gasteiger partial charge in [-0.1, -0.05) is 36.4 Å². The second-order valence-electron chi connectivity index (χ2n) is 6.43. The van der Waals surface area contributed by atoms with E-state index in [0.29, 0.717) is 5.56 Å². The average molecular weight is 357 g/mol. The van der Waals surface area contributed by atoms with E-state index < -0.39 is 23.7 Å². The topological polar surface area (TPSA) is 46.6 Å². The Morgan fingerprint density at radius 3 is 2.24 bits per heavy atom. The fraction of sp³-hybridized carbons (Fsp3) is 0.444. The first kappa shape index (κ1) is 20.7. The number of hydrogen-bond acceptors (Lipinski definition) is 3. The molecule has 7 heteroatoms. The molecule has 138 valence electrons. The predicted octanol–water partition coefficient (Wildman–Crippen LogP) is 3.87. The smallest absolute Gasteiger partial charge is 0.457 e. The average Bonchev–Trinajstić information content (AvgIpc) is 2.48. The van der Waals surface area contributed by atoms with Crippen molar-refractivity contribution in [2.45, 2.75) is 45.5 Å². The maximum absolute atomic E-state index is 12.7. The Morgan fingerprint density at radius 2 is 1.72 bits per heavy atom. The molecule has 0 saturated carbocycles. The maximum atomic E-state index is 12.7. The zero-order valence-corrected chi connectivity index (χ0v) is 14.5. The van der Waals surface area contributed by atoms with E-state index in [1.165, 1.54) is 6.08 Å². The van der Waals surface area contributed by atoms with Crippen LogP contribution >= 0.6 is 0 Å². The minimum absolute atomic E-state index is 0.105. The van der Waals surface area contributed by atoms with Crippen LogP contribution in [-0.4, -0.2) is 35.1 Å². The number of benzene rings is 1. The highest BCUT2D eigenvalue weighted by Crippen LogP contribution is 2.20. The van der Waals surface area contributed by atoms with Gasteiger partial charge < -0.3 is 9.64 Å². The highest BCUT2D eigenvalue weighted by molar-refractivity contribution is 5.82. The Morgan fingerprint density at radius 1 is 1.12 bits per heavy atom. The SMILES string of the molecule is CC(C)(C)OC(=O)/C=C/CCN(Cc1ccccc1)C(=O)C(F)(F)F. The van der Waals surface area contributed by atoms with Gasteiger partial charge in [-0.15, -0.1) is 0 Å². The number of alkyl halides is 3. The first-order valence-electron chi connectivity index (χ1n) is 7.78. The highest BCUT2D eigenvalue weighted by Gasteiger charge is 2.42. The van der Waals surface area contributed by atoms with E-state index in [-0.39, 0.29) is 19.5 Å². The van der Waals surface area contributed by atoms with Crippen LogP contribution in [0.4, 0.5) is 13.2 Å². The molecule has 0 aliphatic rings. The summed E-state index contributed by atoms with van der Waals surface area (Å²) < 4.78 is 43.3. The van der Waals surface area contributed by atoms with Crippen LogP contribution in [0.3, 0.4) is 0 Å². The number of carbonyl (C=O) groups excluding carboxylic acids is 2. The van der Waals surface area contributed by atoms with E-state index in [1.807, 2.05) is 0 Å². The lowest BCUT2D eigenvalue weighted by Crippen LogP contribution is -2.41. The first-order chi connectivity index (χ1) is 11.5. The Balaban J connectivity index is 2.68. The summed E-state index contributed by atoms with van der Waals surface area (Å²) in [5, 5.41) is 0. The second kappa shape index (κ2) is 8.69. The number of esters is 1. The molecule has 0 aliphatic heterocycles. The van der Waals surface area contributed by atoms with E-state index in [4.69, 9.17) is 4.74 Å². The number of ether oxygens (including phenoxy) is 1. The molecular formula is C18H22F3NO3. The van der Waals surface area contributed by atoms with Crippen LogP contribution in [0.2, 0.25) is 0 Å². The summed E-state index contributed by atoms with van der Waals surface area (Å²) in [4.78, 5) is 23.8. The molecule has 0 saturated heterocycles. The van der Waals surface area contributed by atoms with Crippen LogP contribution < -0.4 is 0 Å². The van der Waals surface area contributed by atoms with E-state index in [2.05, 4.69) is 0 Å². The normalized spacial score (nSPS) is 12.2. The molecule has 0 aromatic heterocycles. The van der Waals surface area contributed by atoms with Gasteiger partial charge in [0.05, 0.1) is 0 Å². The number of carbonyl (C=O) groups is 2. The molecule has 1 aromatic carbocycles. The van der Waals surface area contributed by atoms with Gasteiger partial charge in [0.1, 0.15) is 5.60 Å². The van der Waals surface area contributed by atoms with Crippen LogP contribution in [0.5, 0.6) is 0 Å². The zero-order valence-electron chi connectivity index (χ0n) is 14.5. The van der Waals surface area contributed by atoms with Gasteiger partial charge >= 0.3 is 18.1 Å². The lowest BCUT2D eigenvalue weighted by atomic mass is 10.2. The number of hydrogen-bond donors (Lipinski definition) is 0. The van der Waals surface area contributed by atoms with Crippen LogP contribution in [0.25, 0.3) is 0 Å². The number of nitrogens with zero attached hydrogens (tertiary/aromatic N) is 1. The van der Waals surface area contributed by atoms with Crippen molar-refractivity contribution in [1.29, 1.82) is 0 Å². The molecular weight excluding hydrogens is 335 g/mol. The van der Waals surface area contributed by atoms with Crippen molar-refractivity contribution >= 4 is 11.9 Å². The molecule has 0 aliphatic carbocycles. The van der Waals surface area contributed by atoms with Gasteiger partial charge in [0, 0.05) is 19.2 Å². The first-order valence-corrected chi connectivity index (χ1v) is 7.78. The molecule has 1 amide bonds. The zero-order chi connectivity index (χ0) is 19.1. The molecule has 25 heavy (non-hydrogen) atoms. The molecule has 0 unspecified atom stereocenters. The fourth-order valence-corrected chi connectivity index (χ4v) is 1.98. The third-order valence-corrected chi connectivity index (χ3v) is 2.97. The molecule has 1 rings (SSSR count). The minimum atomic E-state index is -4.94. The quantitative estimate of drug-likeness (QED) is 0.574. The summed E-state index contributed by atoms with van der Waals surface area (Å²) in [6, 6.07) is 8.41. The Bertz CT molecular complexity index is 604. The minimum Gasteiger partial charge on any atom is -0.457 e.